The third-order valence-electron chi connectivity index (χ3n) is 5.49. The number of rotatable bonds is 3. The number of hydrogen-bond acceptors (Lipinski definition) is 3. The van der Waals surface area contributed by atoms with Gasteiger partial charge in [-0.15, -0.1) is 0 Å². The molecule has 3 nitrogen and oxygen atoms in total. The van der Waals surface area contributed by atoms with Crippen LogP contribution in [0.5, 0.6) is 0 Å². The first kappa shape index (κ1) is 16.0. The third kappa shape index (κ3) is 3.37. The Bertz CT molecular complexity index is 528. The van der Waals surface area contributed by atoms with Crippen LogP contribution >= 0.6 is 0 Å². The zero-order valence-corrected chi connectivity index (χ0v) is 14.6. The van der Waals surface area contributed by atoms with Gasteiger partial charge in [-0.05, 0) is 58.3 Å². The van der Waals surface area contributed by atoms with E-state index in [9.17, 15) is 0 Å². The van der Waals surface area contributed by atoms with Crippen molar-refractivity contribution in [3.05, 3.63) is 34.9 Å². The van der Waals surface area contributed by atoms with Gasteiger partial charge in [0.05, 0.1) is 5.60 Å². The standard InChI is InChI=1S/C19H30N2O/c1-15-5-6-16(2)17(11-15)13-21-9-8-19(14-21)12-18(20(3)4)7-10-22-19/h5-6,11,18H,7-10,12-14H2,1-4H3/t18-,19-/m0/s1. The molecule has 2 aliphatic rings. The van der Waals surface area contributed by atoms with E-state index in [1.165, 1.54) is 36.0 Å². The average Bonchev–Trinajstić information content (AvgIpc) is 2.85. The minimum atomic E-state index is 0.102. The highest BCUT2D eigenvalue weighted by molar-refractivity contribution is 5.30. The van der Waals surface area contributed by atoms with Crippen LogP contribution in [0.3, 0.4) is 0 Å². The van der Waals surface area contributed by atoms with E-state index in [2.05, 4.69) is 55.9 Å². The summed E-state index contributed by atoms with van der Waals surface area (Å²) >= 11 is 0. The minimum absolute atomic E-state index is 0.102. The Kier molecular flexibility index (Phi) is 4.58. The van der Waals surface area contributed by atoms with Crippen LogP contribution in [0, 0.1) is 13.8 Å². The Morgan fingerprint density at radius 3 is 2.91 bits per heavy atom. The predicted molar refractivity (Wildman–Crippen MR) is 91.2 cm³/mol. The number of ether oxygens (including phenoxy) is 1. The average molecular weight is 302 g/mol. The van der Waals surface area contributed by atoms with Crippen LogP contribution in [0.25, 0.3) is 0 Å². The molecule has 0 amide bonds. The summed E-state index contributed by atoms with van der Waals surface area (Å²) in [5, 5.41) is 0. The fraction of sp³-hybridized carbons (Fsp3) is 0.684. The quantitative estimate of drug-likeness (QED) is 0.854. The molecule has 0 aliphatic carbocycles. The topological polar surface area (TPSA) is 15.7 Å². The molecule has 3 heteroatoms. The molecular weight excluding hydrogens is 272 g/mol. The van der Waals surface area contributed by atoms with Crippen molar-refractivity contribution >= 4 is 0 Å². The molecule has 0 radical (unpaired) electrons. The molecule has 2 aliphatic heterocycles. The zero-order valence-electron chi connectivity index (χ0n) is 14.6. The highest BCUT2D eigenvalue weighted by atomic mass is 16.5. The van der Waals surface area contributed by atoms with Crippen molar-refractivity contribution in [2.75, 3.05) is 33.8 Å². The number of hydrogen-bond donors (Lipinski definition) is 0. The van der Waals surface area contributed by atoms with Crippen molar-refractivity contribution in [1.29, 1.82) is 0 Å². The maximum atomic E-state index is 6.26. The molecule has 0 bridgehead atoms. The number of nitrogens with zero attached hydrogens (tertiary/aromatic N) is 2. The van der Waals surface area contributed by atoms with Crippen LogP contribution < -0.4 is 0 Å². The second-order valence-corrected chi connectivity index (χ2v) is 7.53. The second kappa shape index (κ2) is 6.31. The van der Waals surface area contributed by atoms with E-state index in [0.717, 1.165) is 26.2 Å². The molecule has 122 valence electrons. The normalized spacial score (nSPS) is 29.6. The number of likely N-dealkylation sites (tertiary alicyclic amines) is 1. The first-order valence-corrected chi connectivity index (χ1v) is 8.56. The summed E-state index contributed by atoms with van der Waals surface area (Å²) in [7, 11) is 4.40. The highest BCUT2D eigenvalue weighted by Gasteiger charge is 2.43. The molecule has 0 N–H and O–H groups in total. The summed E-state index contributed by atoms with van der Waals surface area (Å²) in [4.78, 5) is 4.96. The zero-order chi connectivity index (χ0) is 15.7. The summed E-state index contributed by atoms with van der Waals surface area (Å²) in [6.45, 7) is 8.63. The van der Waals surface area contributed by atoms with Crippen molar-refractivity contribution in [1.82, 2.24) is 9.80 Å². The lowest BCUT2D eigenvalue weighted by molar-refractivity contribution is -0.0932. The predicted octanol–water partition coefficient (Wildman–Crippen LogP) is 2.99. The van der Waals surface area contributed by atoms with Gasteiger partial charge in [-0.2, -0.15) is 0 Å². The lowest BCUT2D eigenvalue weighted by atomic mass is 9.89. The molecule has 2 fully saturated rings. The molecule has 1 aromatic carbocycles. The number of benzene rings is 1. The smallest absolute Gasteiger partial charge is 0.0835 e. The van der Waals surface area contributed by atoms with Gasteiger partial charge in [0.15, 0.2) is 0 Å². The molecule has 2 heterocycles. The van der Waals surface area contributed by atoms with Crippen molar-refractivity contribution in [2.24, 2.45) is 0 Å². The van der Waals surface area contributed by atoms with Crippen LogP contribution in [0.15, 0.2) is 18.2 Å². The largest absolute Gasteiger partial charge is 0.373 e. The maximum Gasteiger partial charge on any atom is 0.0835 e. The Morgan fingerprint density at radius 1 is 1.32 bits per heavy atom. The van der Waals surface area contributed by atoms with E-state index in [-0.39, 0.29) is 5.60 Å². The van der Waals surface area contributed by atoms with Gasteiger partial charge < -0.3 is 9.64 Å². The van der Waals surface area contributed by atoms with Gasteiger partial charge in [0, 0.05) is 32.3 Å². The highest BCUT2D eigenvalue weighted by Crippen LogP contribution is 2.36. The fourth-order valence-electron chi connectivity index (χ4n) is 4.00. The van der Waals surface area contributed by atoms with Crippen LogP contribution in [0.2, 0.25) is 0 Å². The van der Waals surface area contributed by atoms with Crippen LogP contribution in [0.4, 0.5) is 0 Å². The Morgan fingerprint density at radius 2 is 2.14 bits per heavy atom. The molecule has 3 rings (SSSR count). The molecule has 0 unspecified atom stereocenters. The first-order chi connectivity index (χ1) is 10.5. The summed E-state index contributed by atoms with van der Waals surface area (Å²) in [5.41, 5.74) is 4.33. The van der Waals surface area contributed by atoms with Gasteiger partial charge in [0.1, 0.15) is 0 Å². The van der Waals surface area contributed by atoms with Crippen molar-refractivity contribution in [3.63, 3.8) is 0 Å². The monoisotopic (exact) mass is 302 g/mol. The van der Waals surface area contributed by atoms with Crippen LogP contribution in [0.1, 0.15) is 36.0 Å². The van der Waals surface area contributed by atoms with E-state index in [1.54, 1.807) is 0 Å². The van der Waals surface area contributed by atoms with Gasteiger partial charge >= 0.3 is 0 Å². The lowest BCUT2D eigenvalue weighted by Crippen LogP contribution is -2.48. The summed E-state index contributed by atoms with van der Waals surface area (Å²) in [6.07, 6.45) is 3.54. The van der Waals surface area contributed by atoms with Crippen molar-refractivity contribution in [2.45, 2.75) is 51.3 Å². The molecule has 0 aromatic heterocycles. The second-order valence-electron chi connectivity index (χ2n) is 7.53. The van der Waals surface area contributed by atoms with E-state index < -0.39 is 0 Å². The van der Waals surface area contributed by atoms with Crippen LogP contribution in [-0.2, 0) is 11.3 Å². The summed E-state index contributed by atoms with van der Waals surface area (Å²) in [5.74, 6) is 0. The SMILES string of the molecule is Cc1ccc(C)c(CN2CC[C@]3(C[C@@H](N(C)C)CCO3)C2)c1. The minimum Gasteiger partial charge on any atom is -0.373 e. The van der Waals surface area contributed by atoms with E-state index in [4.69, 9.17) is 4.74 Å². The van der Waals surface area contributed by atoms with Crippen molar-refractivity contribution < 1.29 is 4.74 Å². The Balaban J connectivity index is 1.65. The van der Waals surface area contributed by atoms with Crippen LogP contribution in [-0.4, -0.2) is 55.2 Å². The number of aryl methyl sites for hydroxylation is 2. The van der Waals surface area contributed by atoms with Gasteiger partial charge in [0.25, 0.3) is 0 Å². The lowest BCUT2D eigenvalue weighted by Gasteiger charge is -2.40. The van der Waals surface area contributed by atoms with Gasteiger partial charge in [-0.3, -0.25) is 4.90 Å². The molecular formula is C19H30N2O. The molecule has 1 spiro atoms. The van der Waals surface area contributed by atoms with E-state index in [0.29, 0.717) is 6.04 Å². The van der Waals surface area contributed by atoms with Gasteiger partial charge in [-0.1, -0.05) is 23.8 Å². The molecule has 0 saturated carbocycles. The fourth-order valence-corrected chi connectivity index (χ4v) is 4.00. The van der Waals surface area contributed by atoms with Gasteiger partial charge in [-0.25, -0.2) is 0 Å². The Labute approximate surface area is 135 Å². The Hall–Kier alpha value is -0.900. The van der Waals surface area contributed by atoms with E-state index in [1.807, 2.05) is 0 Å². The molecule has 2 atom stereocenters. The molecule has 22 heavy (non-hydrogen) atoms. The molecule has 1 aromatic rings. The molecule has 2 saturated heterocycles. The third-order valence-corrected chi connectivity index (χ3v) is 5.49. The summed E-state index contributed by atoms with van der Waals surface area (Å²) < 4.78 is 6.26. The van der Waals surface area contributed by atoms with E-state index >= 15 is 0 Å². The van der Waals surface area contributed by atoms with Crippen molar-refractivity contribution in [3.8, 4) is 0 Å². The van der Waals surface area contributed by atoms with Gasteiger partial charge in [0.2, 0.25) is 0 Å². The summed E-state index contributed by atoms with van der Waals surface area (Å²) in [6, 6.07) is 7.46. The first-order valence-electron chi connectivity index (χ1n) is 8.56. The maximum absolute atomic E-state index is 6.26.